The Labute approximate surface area is 103 Å². The third-order valence-corrected chi connectivity index (χ3v) is 3.01. The van der Waals surface area contributed by atoms with Gasteiger partial charge >= 0.3 is 0 Å². The van der Waals surface area contributed by atoms with Gasteiger partial charge in [-0.2, -0.15) is 0 Å². The highest BCUT2D eigenvalue weighted by molar-refractivity contribution is 9.09. The first-order valence-corrected chi connectivity index (χ1v) is 6.68. The summed E-state index contributed by atoms with van der Waals surface area (Å²) < 4.78 is 9.78. The summed E-state index contributed by atoms with van der Waals surface area (Å²) in [6.45, 7) is 2.26. The fourth-order valence-corrected chi connectivity index (χ4v) is 1.05. The summed E-state index contributed by atoms with van der Waals surface area (Å²) in [7, 11) is 3.27. The van der Waals surface area contributed by atoms with E-state index in [0.717, 1.165) is 17.1 Å². The zero-order valence-corrected chi connectivity index (χ0v) is 12.2. The van der Waals surface area contributed by atoms with Crippen LogP contribution in [0.2, 0.25) is 0 Å². The lowest BCUT2D eigenvalue weighted by molar-refractivity contribution is -0.102. The van der Waals surface area contributed by atoms with Gasteiger partial charge in [0.25, 0.3) is 0 Å². The number of aliphatic hydroxyl groups excluding tert-OH is 1. The number of ether oxygens (including phenoxy) is 2. The Morgan fingerprint density at radius 1 is 1.21 bits per heavy atom. The van der Waals surface area contributed by atoms with Crippen LogP contribution in [-0.4, -0.2) is 42.9 Å². The normalized spacial score (nSPS) is 12.2. The Morgan fingerprint density at radius 3 is 1.79 bits per heavy atom. The Hall–Kier alpha value is 0.840. The average Bonchev–Trinajstić information content (AvgIpc) is 2.25. The third-order valence-electron chi connectivity index (χ3n) is 1.45. The Morgan fingerprint density at radius 2 is 1.71 bits per heavy atom. The first kappa shape index (κ1) is 17.2. The van der Waals surface area contributed by atoms with Crippen molar-refractivity contribution in [2.24, 2.45) is 5.92 Å². The highest BCUT2D eigenvalue weighted by atomic mass is 79.9. The molecule has 0 heterocycles. The van der Waals surface area contributed by atoms with Crippen LogP contribution in [0.5, 0.6) is 0 Å². The van der Waals surface area contributed by atoms with Gasteiger partial charge in [0.1, 0.15) is 0 Å². The van der Waals surface area contributed by atoms with Gasteiger partial charge in [0, 0.05) is 37.9 Å². The minimum absolute atomic E-state index is 0.0469. The predicted octanol–water partition coefficient (Wildman–Crippen LogP) is 2.40. The van der Waals surface area contributed by atoms with Crippen molar-refractivity contribution in [3.05, 3.63) is 0 Å². The molecule has 0 spiro atoms. The molecule has 0 aromatic rings. The minimum atomic E-state index is -0.0469. The van der Waals surface area contributed by atoms with Crippen LogP contribution >= 0.6 is 31.9 Å². The quantitative estimate of drug-likeness (QED) is 0.598. The number of methoxy groups -OCH3 is 2. The van der Waals surface area contributed by atoms with Gasteiger partial charge in [-0.1, -0.05) is 38.8 Å². The molecule has 0 aliphatic carbocycles. The maximum absolute atomic E-state index is 8.30. The standard InChI is InChI=1S/C5H11BrO2.C4H9BrO/c1-7-5(8-2)3-4-6;1-4(2-5)3-6/h5H,3-4H2,1-2H3;4,6H,2-3H2,1H3/t;4-/m.0/s1. The molecule has 1 N–H and O–H groups in total. The monoisotopic (exact) mass is 334 g/mol. The molecule has 0 amide bonds. The molecule has 88 valence electrons. The molecule has 0 saturated heterocycles. The number of hydrogen-bond donors (Lipinski definition) is 1. The van der Waals surface area contributed by atoms with E-state index in [1.54, 1.807) is 14.2 Å². The van der Waals surface area contributed by atoms with E-state index in [1.165, 1.54) is 0 Å². The summed E-state index contributed by atoms with van der Waals surface area (Å²) in [4.78, 5) is 0. The minimum Gasteiger partial charge on any atom is -0.396 e. The molecular weight excluding hydrogens is 316 g/mol. The molecule has 5 heteroatoms. The van der Waals surface area contributed by atoms with Crippen LogP contribution in [-0.2, 0) is 9.47 Å². The largest absolute Gasteiger partial charge is 0.396 e. The van der Waals surface area contributed by atoms with Gasteiger partial charge in [0.05, 0.1) is 0 Å². The SMILES string of the molecule is COC(CCBr)OC.C[C@H](CO)CBr. The van der Waals surface area contributed by atoms with Crippen molar-refractivity contribution >= 4 is 31.9 Å². The van der Waals surface area contributed by atoms with Gasteiger partial charge in [-0.15, -0.1) is 0 Å². The van der Waals surface area contributed by atoms with Crippen LogP contribution in [0.15, 0.2) is 0 Å². The predicted molar refractivity (Wildman–Crippen MR) is 66.3 cm³/mol. The van der Waals surface area contributed by atoms with E-state index in [-0.39, 0.29) is 12.9 Å². The van der Waals surface area contributed by atoms with E-state index in [9.17, 15) is 0 Å². The van der Waals surface area contributed by atoms with Crippen molar-refractivity contribution in [1.29, 1.82) is 0 Å². The first-order chi connectivity index (χ1) is 6.65. The lowest BCUT2D eigenvalue weighted by Crippen LogP contribution is -2.12. The smallest absolute Gasteiger partial charge is 0.157 e. The van der Waals surface area contributed by atoms with E-state index >= 15 is 0 Å². The first-order valence-electron chi connectivity index (χ1n) is 4.44. The van der Waals surface area contributed by atoms with Gasteiger partial charge in [0.2, 0.25) is 0 Å². The zero-order valence-electron chi connectivity index (χ0n) is 9.00. The topological polar surface area (TPSA) is 38.7 Å². The number of aliphatic hydroxyl groups is 1. The fraction of sp³-hybridized carbons (Fsp3) is 1.00. The molecule has 0 aromatic heterocycles. The Bertz CT molecular complexity index is 96.1. The fourth-order valence-electron chi connectivity index (χ4n) is 0.470. The number of rotatable bonds is 6. The van der Waals surface area contributed by atoms with Crippen molar-refractivity contribution in [2.75, 3.05) is 31.5 Å². The van der Waals surface area contributed by atoms with Crippen molar-refractivity contribution in [2.45, 2.75) is 19.6 Å². The summed E-state index contributed by atoms with van der Waals surface area (Å²) in [5, 5.41) is 10.1. The lowest BCUT2D eigenvalue weighted by Gasteiger charge is -2.09. The van der Waals surface area contributed by atoms with Crippen molar-refractivity contribution in [1.82, 2.24) is 0 Å². The molecule has 0 unspecified atom stereocenters. The van der Waals surface area contributed by atoms with E-state index in [4.69, 9.17) is 14.6 Å². The van der Waals surface area contributed by atoms with Gasteiger partial charge in [0.15, 0.2) is 6.29 Å². The summed E-state index contributed by atoms with van der Waals surface area (Å²) in [5.74, 6) is 0.407. The zero-order chi connectivity index (χ0) is 11.4. The van der Waals surface area contributed by atoms with Crippen molar-refractivity contribution in [3.63, 3.8) is 0 Å². The summed E-state index contributed by atoms with van der Waals surface area (Å²) in [6.07, 6.45) is 0.849. The summed E-state index contributed by atoms with van der Waals surface area (Å²) in [6, 6.07) is 0. The molecule has 0 aliphatic rings. The molecule has 0 radical (unpaired) electrons. The van der Waals surface area contributed by atoms with Gasteiger partial charge in [-0.05, 0) is 5.92 Å². The van der Waals surface area contributed by atoms with Crippen LogP contribution in [0.3, 0.4) is 0 Å². The number of alkyl halides is 2. The van der Waals surface area contributed by atoms with Gasteiger partial charge in [-0.3, -0.25) is 0 Å². The number of hydrogen-bond acceptors (Lipinski definition) is 3. The molecule has 14 heavy (non-hydrogen) atoms. The molecule has 0 aliphatic heterocycles. The molecule has 0 aromatic carbocycles. The summed E-state index contributed by atoms with van der Waals surface area (Å²) >= 11 is 6.49. The highest BCUT2D eigenvalue weighted by Crippen LogP contribution is 1.99. The Balaban J connectivity index is 0. The van der Waals surface area contributed by atoms with E-state index in [0.29, 0.717) is 5.92 Å². The van der Waals surface area contributed by atoms with Crippen LogP contribution in [0.25, 0.3) is 0 Å². The van der Waals surface area contributed by atoms with E-state index in [2.05, 4.69) is 31.9 Å². The average molecular weight is 336 g/mol. The maximum atomic E-state index is 8.30. The molecule has 0 saturated carbocycles. The number of halogens is 2. The van der Waals surface area contributed by atoms with Crippen molar-refractivity contribution < 1.29 is 14.6 Å². The van der Waals surface area contributed by atoms with Crippen LogP contribution in [0.1, 0.15) is 13.3 Å². The molecule has 0 fully saturated rings. The van der Waals surface area contributed by atoms with E-state index in [1.807, 2.05) is 6.92 Å². The molecule has 0 rings (SSSR count). The lowest BCUT2D eigenvalue weighted by atomic mass is 10.2. The molecule has 0 bridgehead atoms. The maximum Gasteiger partial charge on any atom is 0.157 e. The van der Waals surface area contributed by atoms with Crippen LogP contribution in [0, 0.1) is 5.92 Å². The van der Waals surface area contributed by atoms with Gasteiger partial charge < -0.3 is 14.6 Å². The molecule has 3 nitrogen and oxygen atoms in total. The second-order valence-corrected chi connectivity index (χ2v) is 4.26. The van der Waals surface area contributed by atoms with E-state index < -0.39 is 0 Å². The highest BCUT2D eigenvalue weighted by Gasteiger charge is 2.00. The summed E-state index contributed by atoms with van der Waals surface area (Å²) in [5.41, 5.74) is 0. The third kappa shape index (κ3) is 12.8. The second kappa shape index (κ2) is 13.8. The van der Waals surface area contributed by atoms with Crippen LogP contribution in [0.4, 0.5) is 0 Å². The van der Waals surface area contributed by atoms with Gasteiger partial charge in [-0.25, -0.2) is 0 Å². The Kier molecular flexibility index (Phi) is 17.0. The molecular formula is C9H20Br2O3. The van der Waals surface area contributed by atoms with Crippen molar-refractivity contribution in [3.8, 4) is 0 Å². The molecule has 1 atom stereocenters. The second-order valence-electron chi connectivity index (χ2n) is 2.82. The van der Waals surface area contributed by atoms with Crippen LogP contribution < -0.4 is 0 Å².